The molecule has 0 aliphatic carbocycles. The lowest BCUT2D eigenvalue weighted by Crippen LogP contribution is -2.58. The first kappa shape index (κ1) is 25.8. The molecule has 3 aliphatic rings. The number of rotatable bonds is 9. The van der Waals surface area contributed by atoms with Crippen LogP contribution in [-0.4, -0.2) is 68.1 Å². The number of hydrogen-bond donors (Lipinski definition) is 2. The normalized spacial score (nSPS) is 28.7. The van der Waals surface area contributed by atoms with Crippen LogP contribution in [0.5, 0.6) is 0 Å². The van der Waals surface area contributed by atoms with Crippen LogP contribution < -0.4 is 4.90 Å². The molecule has 3 saturated heterocycles. The number of aliphatic hydroxyl groups excluding tert-OH is 1. The average Bonchev–Trinajstić information content (AvgIpc) is 3.54. The van der Waals surface area contributed by atoms with Crippen molar-refractivity contribution >= 4 is 46.8 Å². The Hall–Kier alpha value is -2.81. The maximum atomic E-state index is 14.5. The molecule has 5 rings (SSSR count). The third kappa shape index (κ3) is 4.15. The summed E-state index contributed by atoms with van der Waals surface area (Å²) in [6.07, 6.45) is 3.13. The number of hydrogen-bond acceptors (Lipinski definition) is 5. The molecule has 37 heavy (non-hydrogen) atoms. The maximum Gasteiger partial charge on any atom is 0.308 e. The molecule has 3 aliphatic heterocycles. The number of nitrogens with zero attached hydrogens (tertiary/aromatic N) is 2. The number of carboxylic acids is 1. The lowest BCUT2D eigenvalue weighted by molar-refractivity contribution is -0.149. The van der Waals surface area contributed by atoms with Gasteiger partial charge in [-0.25, -0.2) is 0 Å². The van der Waals surface area contributed by atoms with Gasteiger partial charge in [-0.05, 0) is 37.0 Å². The fourth-order valence-corrected chi connectivity index (χ4v) is 8.87. The molecule has 2 amide bonds. The van der Waals surface area contributed by atoms with Crippen LogP contribution in [0.3, 0.4) is 0 Å². The summed E-state index contributed by atoms with van der Waals surface area (Å²) in [6.45, 7) is 3.63. The Labute approximate surface area is 225 Å². The van der Waals surface area contributed by atoms with Gasteiger partial charge in [-0.2, -0.15) is 0 Å². The van der Waals surface area contributed by atoms with Crippen LogP contribution in [0.2, 0.25) is 5.02 Å². The van der Waals surface area contributed by atoms with Crippen LogP contribution in [0.15, 0.2) is 67.3 Å². The van der Waals surface area contributed by atoms with E-state index in [0.717, 1.165) is 5.56 Å². The highest BCUT2D eigenvalue weighted by Gasteiger charge is 2.74. The molecule has 194 valence electrons. The second-order valence-corrected chi connectivity index (χ2v) is 11.9. The number of carboxylic acid groups (broad SMARTS) is 1. The van der Waals surface area contributed by atoms with Gasteiger partial charge in [0.2, 0.25) is 5.91 Å². The van der Waals surface area contributed by atoms with Gasteiger partial charge in [0.15, 0.2) is 0 Å². The number of benzene rings is 2. The first-order valence-electron chi connectivity index (χ1n) is 12.4. The van der Waals surface area contributed by atoms with Crippen molar-refractivity contribution in [2.45, 2.75) is 41.3 Å². The Kier molecular flexibility index (Phi) is 7.09. The molecular formula is C28H29ClN2O5S. The van der Waals surface area contributed by atoms with Gasteiger partial charge in [0.1, 0.15) is 6.04 Å². The predicted octanol–water partition coefficient (Wildman–Crippen LogP) is 3.64. The molecule has 2 aromatic rings. The molecule has 1 spiro atoms. The zero-order chi connectivity index (χ0) is 26.3. The van der Waals surface area contributed by atoms with Gasteiger partial charge in [0.05, 0.1) is 39.9 Å². The van der Waals surface area contributed by atoms with Gasteiger partial charge in [-0.1, -0.05) is 60.1 Å². The number of aliphatic hydroxyl groups is 1. The number of carbonyl (C=O) groups is 3. The number of carbonyl (C=O) groups excluding carboxylic acids is 2. The van der Waals surface area contributed by atoms with Crippen molar-refractivity contribution in [1.29, 1.82) is 0 Å². The smallest absolute Gasteiger partial charge is 0.308 e. The molecule has 0 saturated carbocycles. The largest absolute Gasteiger partial charge is 0.481 e. The number of aliphatic carboxylic acids is 1. The van der Waals surface area contributed by atoms with Gasteiger partial charge in [-0.3, -0.25) is 14.4 Å². The van der Waals surface area contributed by atoms with Crippen LogP contribution in [0, 0.1) is 11.8 Å². The summed E-state index contributed by atoms with van der Waals surface area (Å²) in [7, 11) is 0. The minimum atomic E-state index is -1.01. The second kappa shape index (κ2) is 10.2. The van der Waals surface area contributed by atoms with Crippen LogP contribution in [0.25, 0.3) is 0 Å². The van der Waals surface area contributed by atoms with E-state index in [-0.39, 0.29) is 30.2 Å². The van der Waals surface area contributed by atoms with Crippen molar-refractivity contribution in [3.8, 4) is 0 Å². The van der Waals surface area contributed by atoms with E-state index in [4.69, 9.17) is 11.6 Å². The summed E-state index contributed by atoms with van der Waals surface area (Å²) in [5.41, 5.74) is 1.41. The number of amides is 2. The Morgan fingerprint density at radius 1 is 1.22 bits per heavy atom. The highest BCUT2D eigenvalue weighted by atomic mass is 35.5. The first-order chi connectivity index (χ1) is 17.8. The predicted molar refractivity (Wildman–Crippen MR) is 144 cm³/mol. The maximum absolute atomic E-state index is 14.5. The Bertz CT molecular complexity index is 1230. The van der Waals surface area contributed by atoms with Crippen molar-refractivity contribution in [2.24, 2.45) is 11.8 Å². The van der Waals surface area contributed by atoms with Crippen molar-refractivity contribution in [3.63, 3.8) is 0 Å². The van der Waals surface area contributed by atoms with Crippen LogP contribution in [-0.2, 0) is 20.8 Å². The third-order valence-electron chi connectivity index (χ3n) is 7.90. The van der Waals surface area contributed by atoms with E-state index >= 15 is 0 Å². The van der Waals surface area contributed by atoms with Crippen molar-refractivity contribution in [1.82, 2.24) is 4.90 Å². The van der Waals surface area contributed by atoms with Crippen LogP contribution in [0.4, 0.5) is 5.69 Å². The minimum absolute atomic E-state index is 0.167. The summed E-state index contributed by atoms with van der Waals surface area (Å²) in [4.78, 5) is 44.0. The Morgan fingerprint density at radius 3 is 2.57 bits per heavy atom. The second-order valence-electron chi connectivity index (χ2n) is 9.85. The standard InChI is InChI=1S/C28H29ClN2O5S/c1-2-14-30(20-11-7-6-10-19(20)29)26(34)24-28-13-12-21(37-28)22(27(35)36)23(28)25(33)31(24)18(16-32)15-17-8-4-3-5-9-17/h2-11,18,21-24,32H,1,12-16H2,(H,35,36)/t18-,21-,22+,23+,24?,28?/m1/s1. The topological polar surface area (TPSA) is 98.2 Å². The molecule has 3 heterocycles. The van der Waals surface area contributed by atoms with Crippen LogP contribution >= 0.6 is 23.4 Å². The van der Waals surface area contributed by atoms with E-state index < -0.39 is 34.6 Å². The number of para-hydroxylation sites is 1. The Morgan fingerprint density at radius 2 is 1.92 bits per heavy atom. The quantitative estimate of drug-likeness (QED) is 0.471. The molecular weight excluding hydrogens is 512 g/mol. The highest BCUT2D eigenvalue weighted by molar-refractivity contribution is 8.02. The zero-order valence-electron chi connectivity index (χ0n) is 20.2. The van der Waals surface area contributed by atoms with Gasteiger partial charge in [-0.15, -0.1) is 18.3 Å². The van der Waals surface area contributed by atoms with E-state index in [2.05, 4.69) is 6.58 Å². The lowest BCUT2D eigenvalue weighted by atomic mass is 9.71. The summed E-state index contributed by atoms with van der Waals surface area (Å²) >= 11 is 7.96. The molecule has 2 aromatic carbocycles. The first-order valence-corrected chi connectivity index (χ1v) is 13.6. The van der Waals surface area contributed by atoms with Gasteiger partial charge < -0.3 is 20.0 Å². The Balaban J connectivity index is 1.62. The van der Waals surface area contributed by atoms with Crippen molar-refractivity contribution in [3.05, 3.63) is 77.8 Å². The van der Waals surface area contributed by atoms with Crippen molar-refractivity contribution in [2.75, 3.05) is 18.1 Å². The van der Waals surface area contributed by atoms with E-state index in [9.17, 15) is 24.6 Å². The lowest BCUT2D eigenvalue weighted by Gasteiger charge is -2.39. The number of likely N-dealkylation sites (tertiary alicyclic amines) is 1. The number of fused-ring (bicyclic) bond motifs is 1. The minimum Gasteiger partial charge on any atom is -0.481 e. The molecule has 6 atom stereocenters. The highest BCUT2D eigenvalue weighted by Crippen LogP contribution is 2.66. The van der Waals surface area contributed by atoms with Crippen molar-refractivity contribution < 1.29 is 24.6 Å². The molecule has 0 radical (unpaired) electrons. The molecule has 3 fully saturated rings. The van der Waals surface area contributed by atoms with Gasteiger partial charge >= 0.3 is 5.97 Å². The van der Waals surface area contributed by atoms with E-state index in [1.165, 1.54) is 21.6 Å². The van der Waals surface area contributed by atoms with E-state index in [1.54, 1.807) is 30.3 Å². The molecule has 2 bridgehead atoms. The fraction of sp³-hybridized carbons (Fsp3) is 0.393. The third-order valence-corrected chi connectivity index (χ3v) is 10.2. The summed E-state index contributed by atoms with van der Waals surface area (Å²) in [6, 6.07) is 14.8. The number of halogens is 1. The molecule has 7 nitrogen and oxygen atoms in total. The van der Waals surface area contributed by atoms with Crippen LogP contribution in [0.1, 0.15) is 18.4 Å². The molecule has 2 N–H and O–H groups in total. The molecule has 9 heteroatoms. The van der Waals surface area contributed by atoms with E-state index in [1.807, 2.05) is 30.3 Å². The summed E-state index contributed by atoms with van der Waals surface area (Å²) < 4.78 is -0.882. The summed E-state index contributed by atoms with van der Waals surface area (Å²) in [5, 5.41) is 20.7. The van der Waals surface area contributed by atoms with E-state index in [0.29, 0.717) is 30.0 Å². The average molecular weight is 541 g/mol. The van der Waals surface area contributed by atoms with Gasteiger partial charge in [0.25, 0.3) is 5.91 Å². The molecule has 0 aromatic heterocycles. The monoisotopic (exact) mass is 540 g/mol. The number of anilines is 1. The number of thioether (sulfide) groups is 1. The fourth-order valence-electron chi connectivity index (χ4n) is 6.44. The summed E-state index contributed by atoms with van der Waals surface area (Å²) in [5.74, 6) is -3.41. The zero-order valence-corrected chi connectivity index (χ0v) is 21.8. The molecule has 2 unspecified atom stereocenters. The SMILES string of the molecule is C=CCN(C(=O)C1N([C@@H](CO)Cc2ccccc2)C(=O)[C@@H]2[C@@H](C(=O)O)[C@H]3CCC12S3)c1ccccc1Cl. The van der Waals surface area contributed by atoms with Gasteiger partial charge in [0, 0.05) is 11.8 Å².